The van der Waals surface area contributed by atoms with Crippen LogP contribution < -0.4 is 9.47 Å². The first-order valence-corrected chi connectivity index (χ1v) is 7.99. The van der Waals surface area contributed by atoms with E-state index in [4.69, 9.17) is 9.47 Å². The largest absolute Gasteiger partial charge is 0.507 e. The fourth-order valence-electron chi connectivity index (χ4n) is 3.86. The van der Waals surface area contributed by atoms with Crippen LogP contribution in [0.25, 0.3) is 0 Å². The second-order valence-electron chi connectivity index (χ2n) is 6.29. The number of aromatic hydroxyl groups is 1. The van der Waals surface area contributed by atoms with E-state index < -0.39 is 0 Å². The van der Waals surface area contributed by atoms with Crippen LogP contribution in [0.3, 0.4) is 0 Å². The minimum atomic E-state index is 0.341. The van der Waals surface area contributed by atoms with Crippen molar-refractivity contribution in [3.8, 4) is 17.2 Å². The van der Waals surface area contributed by atoms with Gasteiger partial charge in [-0.1, -0.05) is 6.07 Å². The van der Waals surface area contributed by atoms with Gasteiger partial charge in [0.25, 0.3) is 0 Å². The molecule has 0 amide bonds. The van der Waals surface area contributed by atoms with Crippen LogP contribution in [0, 0.1) is 0 Å². The zero-order valence-corrected chi connectivity index (χ0v) is 13.5. The van der Waals surface area contributed by atoms with Gasteiger partial charge in [-0.25, -0.2) is 0 Å². The molecule has 23 heavy (non-hydrogen) atoms. The highest BCUT2D eigenvalue weighted by Crippen LogP contribution is 2.42. The summed E-state index contributed by atoms with van der Waals surface area (Å²) < 4.78 is 10.7. The van der Waals surface area contributed by atoms with E-state index >= 15 is 0 Å². The lowest BCUT2D eigenvalue weighted by atomic mass is 9.83. The number of benzene rings is 2. The minimum absolute atomic E-state index is 0.341. The highest BCUT2D eigenvalue weighted by molar-refractivity contribution is 5.49. The van der Waals surface area contributed by atoms with Crippen LogP contribution in [0.2, 0.25) is 0 Å². The van der Waals surface area contributed by atoms with E-state index in [9.17, 15) is 5.11 Å². The molecule has 2 aromatic rings. The van der Waals surface area contributed by atoms with Crippen molar-refractivity contribution in [1.29, 1.82) is 0 Å². The van der Waals surface area contributed by atoms with E-state index in [2.05, 4.69) is 23.1 Å². The van der Waals surface area contributed by atoms with Crippen molar-refractivity contribution < 1.29 is 14.6 Å². The molecule has 2 aliphatic rings. The number of ether oxygens (including phenoxy) is 2. The SMILES string of the molecule is COc1cc(O)c2c(c1)CC1c3cc(OC)ccc3CCN1C2. The molecule has 1 unspecified atom stereocenters. The molecule has 0 radical (unpaired) electrons. The van der Waals surface area contributed by atoms with Crippen LogP contribution in [-0.4, -0.2) is 30.8 Å². The first-order valence-electron chi connectivity index (χ1n) is 7.99. The fraction of sp³-hybridized carbons (Fsp3) is 0.368. The molecule has 0 aromatic heterocycles. The Bertz CT molecular complexity index is 757. The summed E-state index contributed by atoms with van der Waals surface area (Å²) >= 11 is 0. The molecule has 1 N–H and O–H groups in total. The number of fused-ring (bicyclic) bond motifs is 4. The summed E-state index contributed by atoms with van der Waals surface area (Å²) in [5.74, 6) is 1.97. The quantitative estimate of drug-likeness (QED) is 0.925. The van der Waals surface area contributed by atoms with E-state index in [1.807, 2.05) is 6.07 Å². The molecule has 0 spiro atoms. The zero-order chi connectivity index (χ0) is 16.0. The van der Waals surface area contributed by atoms with Gasteiger partial charge in [0.05, 0.1) is 14.2 Å². The Balaban J connectivity index is 1.77. The highest BCUT2D eigenvalue weighted by Gasteiger charge is 2.33. The average Bonchev–Trinajstić information content (AvgIpc) is 2.59. The van der Waals surface area contributed by atoms with Gasteiger partial charge in [0.15, 0.2) is 0 Å². The Morgan fingerprint density at radius 2 is 1.87 bits per heavy atom. The second kappa shape index (κ2) is 5.46. The van der Waals surface area contributed by atoms with Crippen molar-refractivity contribution in [3.63, 3.8) is 0 Å². The Morgan fingerprint density at radius 1 is 1.04 bits per heavy atom. The lowest BCUT2D eigenvalue weighted by molar-refractivity contribution is 0.158. The van der Waals surface area contributed by atoms with Crippen LogP contribution >= 0.6 is 0 Å². The third kappa shape index (κ3) is 2.34. The summed E-state index contributed by atoms with van der Waals surface area (Å²) in [6.45, 7) is 1.81. The van der Waals surface area contributed by atoms with Gasteiger partial charge in [-0.2, -0.15) is 0 Å². The minimum Gasteiger partial charge on any atom is -0.507 e. The predicted octanol–water partition coefficient (Wildman–Crippen LogP) is 3.06. The number of methoxy groups -OCH3 is 2. The average molecular weight is 311 g/mol. The summed E-state index contributed by atoms with van der Waals surface area (Å²) in [7, 11) is 3.35. The van der Waals surface area contributed by atoms with Gasteiger partial charge in [0.2, 0.25) is 0 Å². The standard InChI is InChI=1S/C19H21NO3/c1-22-14-4-3-12-5-6-20-11-17-13(8-18(20)16(12)9-14)7-15(23-2)10-19(17)21/h3-4,7,9-10,18,21H,5-6,8,11H2,1-2H3. The molecule has 4 rings (SSSR count). The van der Waals surface area contributed by atoms with Gasteiger partial charge in [-0.15, -0.1) is 0 Å². The molecule has 1 atom stereocenters. The molecule has 0 bridgehead atoms. The lowest BCUT2D eigenvalue weighted by Gasteiger charge is -2.41. The van der Waals surface area contributed by atoms with Crippen LogP contribution in [0.1, 0.15) is 28.3 Å². The summed E-state index contributed by atoms with van der Waals surface area (Å²) in [5.41, 5.74) is 4.97. The Hall–Kier alpha value is -2.20. The number of hydrogen-bond acceptors (Lipinski definition) is 4. The number of phenols is 1. The van der Waals surface area contributed by atoms with E-state index in [-0.39, 0.29) is 0 Å². The number of phenolic OH excluding ortho intramolecular Hbond substituents is 1. The van der Waals surface area contributed by atoms with Gasteiger partial charge in [-0.05, 0) is 47.7 Å². The van der Waals surface area contributed by atoms with Crippen molar-refractivity contribution in [3.05, 3.63) is 52.6 Å². The topological polar surface area (TPSA) is 41.9 Å². The van der Waals surface area contributed by atoms with E-state index in [0.717, 1.165) is 43.0 Å². The number of nitrogens with zero attached hydrogens (tertiary/aromatic N) is 1. The molecule has 2 aromatic carbocycles. The number of rotatable bonds is 2. The van der Waals surface area contributed by atoms with Gasteiger partial charge >= 0.3 is 0 Å². The van der Waals surface area contributed by atoms with Crippen molar-refractivity contribution in [2.24, 2.45) is 0 Å². The summed E-state index contributed by atoms with van der Waals surface area (Å²) in [6, 6.07) is 10.5. The molecule has 0 saturated carbocycles. The fourth-order valence-corrected chi connectivity index (χ4v) is 3.86. The van der Waals surface area contributed by atoms with E-state index in [1.54, 1.807) is 20.3 Å². The van der Waals surface area contributed by atoms with Crippen molar-refractivity contribution in [2.45, 2.75) is 25.4 Å². The molecule has 0 saturated heterocycles. The third-order valence-electron chi connectivity index (χ3n) is 5.12. The van der Waals surface area contributed by atoms with E-state index in [0.29, 0.717) is 11.8 Å². The van der Waals surface area contributed by atoms with Crippen molar-refractivity contribution >= 4 is 0 Å². The second-order valence-corrected chi connectivity index (χ2v) is 6.29. The smallest absolute Gasteiger partial charge is 0.124 e. The van der Waals surface area contributed by atoms with Gasteiger partial charge < -0.3 is 14.6 Å². The monoisotopic (exact) mass is 311 g/mol. The van der Waals surface area contributed by atoms with Crippen LogP contribution in [0.5, 0.6) is 17.2 Å². The molecule has 4 nitrogen and oxygen atoms in total. The first kappa shape index (κ1) is 14.4. The van der Waals surface area contributed by atoms with Crippen LogP contribution in [-0.2, 0) is 19.4 Å². The Labute approximate surface area is 136 Å². The normalized spacial score (nSPS) is 19.5. The zero-order valence-electron chi connectivity index (χ0n) is 13.5. The molecule has 120 valence electrons. The van der Waals surface area contributed by atoms with Crippen molar-refractivity contribution in [2.75, 3.05) is 20.8 Å². The summed E-state index contributed by atoms with van der Waals surface area (Å²) in [4.78, 5) is 2.45. The lowest BCUT2D eigenvalue weighted by Crippen LogP contribution is -2.39. The third-order valence-corrected chi connectivity index (χ3v) is 5.12. The maximum atomic E-state index is 10.3. The van der Waals surface area contributed by atoms with Crippen molar-refractivity contribution in [1.82, 2.24) is 4.90 Å². The van der Waals surface area contributed by atoms with Gasteiger partial charge in [-0.3, -0.25) is 4.90 Å². The van der Waals surface area contributed by atoms with Gasteiger partial charge in [0.1, 0.15) is 17.2 Å². The predicted molar refractivity (Wildman–Crippen MR) is 88.2 cm³/mol. The molecule has 0 fully saturated rings. The molecule has 2 aliphatic heterocycles. The summed E-state index contributed by atoms with van der Waals surface area (Å²) in [5, 5.41) is 10.3. The maximum absolute atomic E-state index is 10.3. The maximum Gasteiger partial charge on any atom is 0.124 e. The molecular formula is C19H21NO3. The Morgan fingerprint density at radius 3 is 2.65 bits per heavy atom. The molecule has 0 aliphatic carbocycles. The molecule has 2 heterocycles. The van der Waals surface area contributed by atoms with E-state index in [1.165, 1.54) is 16.7 Å². The highest BCUT2D eigenvalue weighted by atomic mass is 16.5. The molecule has 4 heteroatoms. The first-order chi connectivity index (χ1) is 11.2. The van der Waals surface area contributed by atoms with Gasteiger partial charge in [0, 0.05) is 30.8 Å². The number of hydrogen-bond donors (Lipinski definition) is 1. The summed E-state index contributed by atoms with van der Waals surface area (Å²) in [6.07, 6.45) is 1.93. The van der Waals surface area contributed by atoms with Crippen LogP contribution in [0.15, 0.2) is 30.3 Å². The Kier molecular flexibility index (Phi) is 3.42. The van der Waals surface area contributed by atoms with Crippen LogP contribution in [0.4, 0.5) is 0 Å². The molecular weight excluding hydrogens is 290 g/mol.